The molecule has 0 unspecified atom stereocenters. The molecule has 0 spiro atoms. The van der Waals surface area contributed by atoms with E-state index in [1.165, 1.54) is 13.3 Å². The van der Waals surface area contributed by atoms with Gasteiger partial charge in [0.25, 0.3) is 0 Å². The van der Waals surface area contributed by atoms with Gasteiger partial charge in [0.15, 0.2) is 0 Å². The zero-order valence-electron chi connectivity index (χ0n) is 11.3. The van der Waals surface area contributed by atoms with Gasteiger partial charge in [0.2, 0.25) is 0 Å². The molecule has 0 aliphatic carbocycles. The summed E-state index contributed by atoms with van der Waals surface area (Å²) in [4.78, 5) is 0. The maximum atomic E-state index is 9.93. The fourth-order valence-electron chi connectivity index (χ4n) is 1.63. The smallest absolute Gasteiger partial charge is 0.147 e. The first-order valence-electron chi connectivity index (χ1n) is 5.96. The Morgan fingerprint density at radius 2 is 1.95 bits per heavy atom. The van der Waals surface area contributed by atoms with Crippen LogP contribution in [-0.2, 0) is 0 Å². The molecule has 3 N–H and O–H groups in total. The molecular formula is C14H11Br2ClN2O3. The number of benzene rings is 2. The van der Waals surface area contributed by atoms with Crippen LogP contribution in [0.3, 0.4) is 0 Å². The first kappa shape index (κ1) is 16.9. The topological polar surface area (TPSA) is 74.1 Å². The number of phenols is 2. The summed E-state index contributed by atoms with van der Waals surface area (Å²) in [6.45, 7) is 0. The molecule has 0 aliphatic heterocycles. The van der Waals surface area contributed by atoms with Gasteiger partial charge in [-0.05, 0) is 56.1 Å². The lowest BCUT2D eigenvalue weighted by atomic mass is 10.2. The Balaban J connectivity index is 2.18. The number of nitrogens with zero attached hydrogens (tertiary/aromatic N) is 1. The standard InChI is InChI=1S/C14H11Br2ClN2O3/c1-22-11-3-2-8(5-10(11)17)19-18-6-7-4-9(15)14(21)12(16)13(7)20/h2-6,19-21H,1H3/b18-6+. The normalized spacial score (nSPS) is 10.9. The molecule has 0 heterocycles. The number of hydrogen-bond acceptors (Lipinski definition) is 5. The quantitative estimate of drug-likeness (QED) is 0.465. The maximum absolute atomic E-state index is 9.93. The molecule has 0 bridgehead atoms. The van der Waals surface area contributed by atoms with Crippen LogP contribution < -0.4 is 10.2 Å². The van der Waals surface area contributed by atoms with Crippen LogP contribution in [0.2, 0.25) is 5.02 Å². The molecular weight excluding hydrogens is 439 g/mol. The molecule has 116 valence electrons. The van der Waals surface area contributed by atoms with E-state index in [4.69, 9.17) is 16.3 Å². The number of methoxy groups -OCH3 is 1. The fourth-order valence-corrected chi connectivity index (χ4v) is 3.04. The average molecular weight is 451 g/mol. The highest BCUT2D eigenvalue weighted by Crippen LogP contribution is 2.40. The lowest BCUT2D eigenvalue weighted by Gasteiger charge is -2.07. The van der Waals surface area contributed by atoms with E-state index in [0.717, 1.165) is 0 Å². The molecule has 0 atom stereocenters. The predicted octanol–water partition coefficient (Wildman–Crippen LogP) is 4.73. The van der Waals surface area contributed by atoms with Gasteiger partial charge in [-0.25, -0.2) is 0 Å². The van der Waals surface area contributed by atoms with Crippen molar-refractivity contribution >= 4 is 55.4 Å². The Morgan fingerprint density at radius 3 is 2.59 bits per heavy atom. The number of ether oxygens (including phenoxy) is 1. The Kier molecular flexibility index (Phi) is 5.55. The van der Waals surface area contributed by atoms with Gasteiger partial charge in [0.1, 0.15) is 21.7 Å². The van der Waals surface area contributed by atoms with Gasteiger partial charge < -0.3 is 14.9 Å². The third-order valence-electron chi connectivity index (χ3n) is 2.75. The van der Waals surface area contributed by atoms with E-state index in [9.17, 15) is 10.2 Å². The van der Waals surface area contributed by atoms with Crippen LogP contribution in [0, 0.1) is 0 Å². The zero-order chi connectivity index (χ0) is 16.3. The molecule has 2 aromatic carbocycles. The minimum atomic E-state index is -0.112. The van der Waals surface area contributed by atoms with Gasteiger partial charge in [-0.1, -0.05) is 11.6 Å². The second kappa shape index (κ2) is 7.21. The first-order valence-corrected chi connectivity index (χ1v) is 7.93. The molecule has 22 heavy (non-hydrogen) atoms. The minimum Gasteiger partial charge on any atom is -0.506 e. The number of halogens is 3. The fraction of sp³-hybridized carbons (Fsp3) is 0.0714. The van der Waals surface area contributed by atoms with E-state index < -0.39 is 0 Å². The molecule has 2 aromatic rings. The molecule has 0 saturated carbocycles. The summed E-state index contributed by atoms with van der Waals surface area (Å²) in [6, 6.07) is 6.68. The summed E-state index contributed by atoms with van der Waals surface area (Å²) in [6.07, 6.45) is 1.42. The van der Waals surface area contributed by atoms with Crippen molar-refractivity contribution in [3.8, 4) is 17.2 Å². The third-order valence-corrected chi connectivity index (χ3v) is 4.40. The van der Waals surface area contributed by atoms with Crippen LogP contribution in [0.4, 0.5) is 5.69 Å². The second-order valence-corrected chi connectivity index (χ2v) is 6.23. The maximum Gasteiger partial charge on any atom is 0.147 e. The third kappa shape index (κ3) is 3.66. The van der Waals surface area contributed by atoms with Gasteiger partial charge in [0.05, 0.1) is 28.5 Å². The highest BCUT2D eigenvalue weighted by Gasteiger charge is 2.12. The van der Waals surface area contributed by atoms with Crippen molar-refractivity contribution in [3.63, 3.8) is 0 Å². The van der Waals surface area contributed by atoms with Crippen LogP contribution in [-0.4, -0.2) is 23.5 Å². The van der Waals surface area contributed by atoms with E-state index in [1.54, 1.807) is 24.3 Å². The van der Waals surface area contributed by atoms with Crippen molar-refractivity contribution in [1.82, 2.24) is 0 Å². The molecule has 0 aromatic heterocycles. The number of hydrazone groups is 1. The lowest BCUT2D eigenvalue weighted by molar-refractivity contribution is 0.415. The Morgan fingerprint density at radius 1 is 1.23 bits per heavy atom. The number of nitrogens with one attached hydrogen (secondary N) is 1. The van der Waals surface area contributed by atoms with Crippen LogP contribution in [0.5, 0.6) is 17.2 Å². The highest BCUT2D eigenvalue weighted by atomic mass is 79.9. The average Bonchev–Trinajstić information content (AvgIpc) is 2.50. The van der Waals surface area contributed by atoms with Crippen molar-refractivity contribution in [2.24, 2.45) is 5.10 Å². The van der Waals surface area contributed by atoms with E-state index in [0.29, 0.717) is 26.5 Å². The molecule has 2 rings (SSSR count). The number of rotatable bonds is 4. The lowest BCUT2D eigenvalue weighted by Crippen LogP contribution is -1.93. The SMILES string of the molecule is COc1ccc(N/N=C/c2cc(Br)c(O)c(Br)c2O)cc1Cl. The molecule has 0 fully saturated rings. The zero-order valence-corrected chi connectivity index (χ0v) is 15.2. The van der Waals surface area contributed by atoms with E-state index in [2.05, 4.69) is 42.4 Å². The summed E-state index contributed by atoms with van der Waals surface area (Å²) in [5.74, 6) is 0.379. The molecule has 0 aliphatic rings. The van der Waals surface area contributed by atoms with Gasteiger partial charge in [-0.2, -0.15) is 5.10 Å². The second-order valence-electron chi connectivity index (χ2n) is 4.18. The molecule has 0 radical (unpaired) electrons. The number of aromatic hydroxyl groups is 2. The molecule has 5 nitrogen and oxygen atoms in total. The first-order chi connectivity index (χ1) is 10.4. The largest absolute Gasteiger partial charge is 0.506 e. The van der Waals surface area contributed by atoms with Gasteiger partial charge in [0, 0.05) is 5.56 Å². The Hall–Kier alpha value is -1.44. The summed E-state index contributed by atoms with van der Waals surface area (Å²) < 4.78 is 5.69. The minimum absolute atomic E-state index is 0.0791. The van der Waals surface area contributed by atoms with E-state index in [-0.39, 0.29) is 16.0 Å². The van der Waals surface area contributed by atoms with Crippen LogP contribution in [0.15, 0.2) is 38.3 Å². The summed E-state index contributed by atoms with van der Waals surface area (Å²) in [7, 11) is 1.54. The summed E-state index contributed by atoms with van der Waals surface area (Å²) in [5.41, 5.74) is 3.88. The Bertz CT molecular complexity index is 739. The van der Waals surface area contributed by atoms with Crippen LogP contribution >= 0.6 is 43.5 Å². The van der Waals surface area contributed by atoms with Gasteiger partial charge in [-0.15, -0.1) is 0 Å². The number of anilines is 1. The summed E-state index contributed by atoms with van der Waals surface area (Å²) in [5, 5.41) is 24.1. The molecule has 8 heteroatoms. The number of hydrogen-bond donors (Lipinski definition) is 3. The van der Waals surface area contributed by atoms with Crippen molar-refractivity contribution in [3.05, 3.63) is 43.8 Å². The van der Waals surface area contributed by atoms with Crippen molar-refractivity contribution in [2.45, 2.75) is 0 Å². The molecule has 0 saturated heterocycles. The highest BCUT2D eigenvalue weighted by molar-refractivity contribution is 9.11. The number of phenolic OH excluding ortho intramolecular Hbond substituents is 2. The van der Waals surface area contributed by atoms with Crippen LogP contribution in [0.25, 0.3) is 0 Å². The van der Waals surface area contributed by atoms with Crippen LogP contribution in [0.1, 0.15) is 5.56 Å². The monoisotopic (exact) mass is 448 g/mol. The Labute approximate surface area is 148 Å². The van der Waals surface area contributed by atoms with E-state index >= 15 is 0 Å². The van der Waals surface area contributed by atoms with Crippen molar-refractivity contribution in [1.29, 1.82) is 0 Å². The van der Waals surface area contributed by atoms with Crippen molar-refractivity contribution < 1.29 is 14.9 Å². The predicted molar refractivity (Wildman–Crippen MR) is 94.4 cm³/mol. The van der Waals surface area contributed by atoms with Crippen molar-refractivity contribution in [2.75, 3.05) is 12.5 Å². The summed E-state index contributed by atoms with van der Waals surface area (Å²) >= 11 is 12.3. The van der Waals surface area contributed by atoms with Gasteiger partial charge in [-0.3, -0.25) is 5.43 Å². The molecule has 0 amide bonds. The van der Waals surface area contributed by atoms with Gasteiger partial charge >= 0.3 is 0 Å². The van der Waals surface area contributed by atoms with E-state index in [1.807, 2.05) is 0 Å².